The van der Waals surface area contributed by atoms with E-state index in [1.165, 1.54) is 25.7 Å². The average molecular weight is 273 g/mol. The van der Waals surface area contributed by atoms with Gasteiger partial charge in [-0.3, -0.25) is 4.79 Å². The molecule has 0 heterocycles. The standard InChI is InChI=1S/C17H23NO2/c1-20-16-11-8-14(9-12-16)10-13-17(19)18-15-6-4-2-3-5-7-15/h8-13,15H,2-7H2,1H3,(H,18,19). The number of hydrogen-bond acceptors (Lipinski definition) is 2. The monoisotopic (exact) mass is 273 g/mol. The molecule has 0 saturated heterocycles. The van der Waals surface area contributed by atoms with Crippen LogP contribution in [-0.2, 0) is 4.79 Å². The molecule has 1 aliphatic rings. The van der Waals surface area contributed by atoms with Crippen molar-refractivity contribution < 1.29 is 9.53 Å². The molecule has 1 fully saturated rings. The van der Waals surface area contributed by atoms with Gasteiger partial charge >= 0.3 is 0 Å². The van der Waals surface area contributed by atoms with Gasteiger partial charge in [0.1, 0.15) is 5.75 Å². The van der Waals surface area contributed by atoms with Gasteiger partial charge < -0.3 is 10.1 Å². The Balaban J connectivity index is 1.84. The first-order valence-corrected chi connectivity index (χ1v) is 7.40. The number of amides is 1. The zero-order chi connectivity index (χ0) is 14.2. The molecule has 0 atom stereocenters. The van der Waals surface area contributed by atoms with Crippen molar-refractivity contribution >= 4 is 12.0 Å². The molecule has 0 unspecified atom stereocenters. The van der Waals surface area contributed by atoms with Gasteiger partial charge in [-0.1, -0.05) is 37.8 Å². The number of rotatable bonds is 4. The molecule has 1 amide bonds. The quantitative estimate of drug-likeness (QED) is 0.673. The second-order valence-corrected chi connectivity index (χ2v) is 5.30. The predicted octanol–water partition coefficient (Wildman–Crippen LogP) is 3.55. The van der Waals surface area contributed by atoms with Gasteiger partial charge in [0.15, 0.2) is 0 Å². The lowest BCUT2D eigenvalue weighted by atomic mass is 10.1. The van der Waals surface area contributed by atoms with Crippen molar-refractivity contribution in [1.29, 1.82) is 0 Å². The minimum absolute atomic E-state index is 0.00715. The maximum atomic E-state index is 11.9. The van der Waals surface area contributed by atoms with Crippen molar-refractivity contribution in [3.63, 3.8) is 0 Å². The fourth-order valence-corrected chi connectivity index (χ4v) is 2.56. The van der Waals surface area contributed by atoms with Gasteiger partial charge in [0.25, 0.3) is 0 Å². The van der Waals surface area contributed by atoms with Crippen LogP contribution in [0.3, 0.4) is 0 Å². The molecule has 0 bridgehead atoms. The van der Waals surface area contributed by atoms with E-state index in [2.05, 4.69) is 5.32 Å². The minimum Gasteiger partial charge on any atom is -0.497 e. The second-order valence-electron chi connectivity index (χ2n) is 5.30. The van der Waals surface area contributed by atoms with Crippen LogP contribution in [-0.4, -0.2) is 19.1 Å². The summed E-state index contributed by atoms with van der Waals surface area (Å²) in [4.78, 5) is 11.9. The Kier molecular flexibility index (Phi) is 5.66. The van der Waals surface area contributed by atoms with E-state index in [9.17, 15) is 4.79 Å². The van der Waals surface area contributed by atoms with Crippen LogP contribution in [0.1, 0.15) is 44.1 Å². The van der Waals surface area contributed by atoms with E-state index >= 15 is 0 Å². The summed E-state index contributed by atoms with van der Waals surface area (Å²) in [7, 11) is 1.64. The third-order valence-electron chi connectivity index (χ3n) is 3.74. The van der Waals surface area contributed by atoms with Gasteiger partial charge in [-0.05, 0) is 36.6 Å². The third kappa shape index (κ3) is 4.72. The SMILES string of the molecule is COc1ccc(C=CC(=O)NC2CCCCCC2)cc1. The zero-order valence-electron chi connectivity index (χ0n) is 12.1. The number of hydrogen-bond donors (Lipinski definition) is 1. The molecule has 3 nitrogen and oxygen atoms in total. The fraction of sp³-hybridized carbons (Fsp3) is 0.471. The number of carbonyl (C=O) groups is 1. The summed E-state index contributed by atoms with van der Waals surface area (Å²) in [6.45, 7) is 0. The first-order chi connectivity index (χ1) is 9.78. The topological polar surface area (TPSA) is 38.3 Å². The lowest BCUT2D eigenvalue weighted by Gasteiger charge is -2.14. The van der Waals surface area contributed by atoms with Crippen LogP contribution in [0, 0.1) is 0 Å². The Morgan fingerprint density at radius 3 is 2.40 bits per heavy atom. The second kappa shape index (κ2) is 7.73. The largest absolute Gasteiger partial charge is 0.497 e. The summed E-state index contributed by atoms with van der Waals surface area (Å²) >= 11 is 0. The number of nitrogens with one attached hydrogen (secondary N) is 1. The lowest BCUT2D eigenvalue weighted by molar-refractivity contribution is -0.117. The zero-order valence-corrected chi connectivity index (χ0v) is 12.1. The highest BCUT2D eigenvalue weighted by molar-refractivity contribution is 5.91. The number of methoxy groups -OCH3 is 1. The number of carbonyl (C=O) groups excluding carboxylic acids is 1. The molecule has 0 aliphatic heterocycles. The van der Waals surface area contributed by atoms with Gasteiger partial charge in [-0.25, -0.2) is 0 Å². The Hall–Kier alpha value is -1.77. The molecule has 1 aliphatic carbocycles. The van der Waals surface area contributed by atoms with Crippen molar-refractivity contribution in [2.75, 3.05) is 7.11 Å². The molecule has 0 radical (unpaired) electrons. The van der Waals surface area contributed by atoms with Crippen molar-refractivity contribution in [3.05, 3.63) is 35.9 Å². The molecule has 1 N–H and O–H groups in total. The maximum absolute atomic E-state index is 11.9. The normalized spacial score (nSPS) is 16.9. The number of ether oxygens (including phenoxy) is 1. The molecule has 108 valence electrons. The van der Waals surface area contributed by atoms with E-state index in [1.807, 2.05) is 30.3 Å². The van der Waals surface area contributed by atoms with E-state index in [1.54, 1.807) is 13.2 Å². The lowest BCUT2D eigenvalue weighted by Crippen LogP contribution is -2.33. The summed E-state index contributed by atoms with van der Waals surface area (Å²) in [5.41, 5.74) is 1.00. The fourth-order valence-electron chi connectivity index (χ4n) is 2.56. The van der Waals surface area contributed by atoms with Crippen LogP contribution in [0.4, 0.5) is 0 Å². The maximum Gasteiger partial charge on any atom is 0.244 e. The van der Waals surface area contributed by atoms with Gasteiger partial charge in [0.05, 0.1) is 7.11 Å². The molecule has 2 rings (SSSR count). The van der Waals surface area contributed by atoms with Gasteiger partial charge in [0.2, 0.25) is 5.91 Å². The molecule has 20 heavy (non-hydrogen) atoms. The smallest absolute Gasteiger partial charge is 0.244 e. The van der Waals surface area contributed by atoms with Crippen LogP contribution in [0.2, 0.25) is 0 Å². The first-order valence-electron chi connectivity index (χ1n) is 7.40. The highest BCUT2D eigenvalue weighted by atomic mass is 16.5. The highest BCUT2D eigenvalue weighted by Gasteiger charge is 2.12. The minimum atomic E-state index is 0.00715. The summed E-state index contributed by atoms with van der Waals surface area (Å²) in [5.74, 6) is 0.831. The summed E-state index contributed by atoms with van der Waals surface area (Å²) in [6.07, 6.45) is 10.7. The van der Waals surface area contributed by atoms with Gasteiger partial charge in [-0.2, -0.15) is 0 Å². The molecule has 0 aromatic heterocycles. The van der Waals surface area contributed by atoms with Crippen LogP contribution < -0.4 is 10.1 Å². The van der Waals surface area contributed by atoms with Crippen molar-refractivity contribution in [1.82, 2.24) is 5.32 Å². The number of benzene rings is 1. The van der Waals surface area contributed by atoms with E-state index in [0.717, 1.165) is 24.2 Å². The molecular weight excluding hydrogens is 250 g/mol. The van der Waals surface area contributed by atoms with Gasteiger partial charge in [0, 0.05) is 12.1 Å². The van der Waals surface area contributed by atoms with E-state index in [4.69, 9.17) is 4.74 Å². The molecule has 3 heteroatoms. The van der Waals surface area contributed by atoms with Crippen molar-refractivity contribution in [3.8, 4) is 5.75 Å². The summed E-state index contributed by atoms with van der Waals surface area (Å²) < 4.78 is 5.10. The summed E-state index contributed by atoms with van der Waals surface area (Å²) in [6, 6.07) is 8.01. The van der Waals surface area contributed by atoms with Crippen molar-refractivity contribution in [2.45, 2.75) is 44.6 Å². The Labute approximate surface area is 121 Å². The Morgan fingerprint density at radius 1 is 1.15 bits per heavy atom. The third-order valence-corrected chi connectivity index (χ3v) is 3.74. The van der Waals surface area contributed by atoms with Crippen LogP contribution in [0.5, 0.6) is 5.75 Å². The van der Waals surface area contributed by atoms with Gasteiger partial charge in [-0.15, -0.1) is 0 Å². The predicted molar refractivity (Wildman–Crippen MR) is 81.7 cm³/mol. The molecular formula is C17H23NO2. The van der Waals surface area contributed by atoms with E-state index in [0.29, 0.717) is 6.04 Å². The molecule has 0 spiro atoms. The van der Waals surface area contributed by atoms with E-state index in [-0.39, 0.29) is 5.91 Å². The Morgan fingerprint density at radius 2 is 1.80 bits per heavy atom. The molecule has 1 aromatic rings. The van der Waals surface area contributed by atoms with Crippen LogP contribution in [0.25, 0.3) is 6.08 Å². The van der Waals surface area contributed by atoms with Crippen LogP contribution in [0.15, 0.2) is 30.3 Å². The molecule has 1 saturated carbocycles. The average Bonchev–Trinajstić information content (AvgIpc) is 2.74. The van der Waals surface area contributed by atoms with Crippen LogP contribution >= 0.6 is 0 Å². The van der Waals surface area contributed by atoms with Crippen molar-refractivity contribution in [2.24, 2.45) is 0 Å². The molecule has 1 aromatic carbocycles. The highest BCUT2D eigenvalue weighted by Crippen LogP contribution is 2.17. The summed E-state index contributed by atoms with van der Waals surface area (Å²) in [5, 5.41) is 3.10. The van der Waals surface area contributed by atoms with E-state index < -0.39 is 0 Å². The Bertz CT molecular complexity index is 443. The first kappa shape index (κ1) is 14.6.